The van der Waals surface area contributed by atoms with E-state index in [0.717, 1.165) is 6.20 Å². The molecule has 1 rings (SSSR count). The highest BCUT2D eigenvalue weighted by Crippen LogP contribution is 2.21. The van der Waals surface area contributed by atoms with E-state index < -0.39 is 17.3 Å². The molecule has 0 atom stereocenters. The van der Waals surface area contributed by atoms with Crippen molar-refractivity contribution in [2.24, 2.45) is 4.99 Å². The van der Waals surface area contributed by atoms with Gasteiger partial charge in [-0.3, -0.25) is 0 Å². The van der Waals surface area contributed by atoms with E-state index in [0.29, 0.717) is 0 Å². The highest BCUT2D eigenvalue weighted by atomic mass is 35.5. The topological polar surface area (TPSA) is 51.0 Å². The minimum atomic E-state index is -4.68. The highest BCUT2D eigenvalue weighted by Gasteiger charge is 2.34. The molecule has 0 aliphatic carbocycles. The molecule has 0 amide bonds. The summed E-state index contributed by atoms with van der Waals surface area (Å²) in [6, 6.07) is 0. The van der Waals surface area contributed by atoms with Gasteiger partial charge in [0.25, 0.3) is 5.95 Å². The van der Waals surface area contributed by atoms with Gasteiger partial charge in [-0.05, 0) is 0 Å². The predicted octanol–water partition coefficient (Wildman–Crippen LogP) is 1.70. The average Bonchev–Trinajstić information content (AvgIpc) is 2.04. The Morgan fingerprint density at radius 3 is 2.54 bits per heavy atom. The second kappa shape index (κ2) is 3.65. The lowest BCUT2D eigenvalue weighted by Gasteiger charge is -2.00. The molecule has 8 heteroatoms. The molecule has 0 saturated carbocycles. The van der Waals surface area contributed by atoms with Crippen molar-refractivity contribution in [2.45, 2.75) is 6.18 Å². The Hall–Kier alpha value is -1.24. The second-order valence-corrected chi connectivity index (χ2v) is 2.20. The maximum absolute atomic E-state index is 11.8. The van der Waals surface area contributed by atoms with Crippen molar-refractivity contribution in [3.63, 3.8) is 0 Å². The summed E-state index contributed by atoms with van der Waals surface area (Å²) in [5.74, 6) is -0.426. The van der Waals surface area contributed by atoms with Gasteiger partial charge >= 0.3 is 6.18 Å². The molecule has 0 aromatic carbocycles. The van der Waals surface area contributed by atoms with Crippen molar-refractivity contribution >= 4 is 22.7 Å². The molecule has 1 heterocycles. The Balaban J connectivity index is 2.90. The van der Waals surface area contributed by atoms with E-state index in [1.807, 2.05) is 0 Å². The lowest BCUT2D eigenvalue weighted by molar-refractivity contribution is -0.0558. The van der Waals surface area contributed by atoms with Crippen molar-refractivity contribution in [2.75, 3.05) is 0 Å². The zero-order chi connectivity index (χ0) is 9.90. The summed E-state index contributed by atoms with van der Waals surface area (Å²) in [6.07, 6.45) is -2.31. The van der Waals surface area contributed by atoms with Crippen LogP contribution in [0.5, 0.6) is 0 Å². The summed E-state index contributed by atoms with van der Waals surface area (Å²) in [6.45, 7) is 0. The first-order valence-electron chi connectivity index (χ1n) is 2.95. The van der Waals surface area contributed by atoms with Crippen LogP contribution in [-0.2, 0) is 0 Å². The summed E-state index contributed by atoms with van der Waals surface area (Å²) >= 11 is 4.81. The molecular formula is C5H2ClF3N4. The fourth-order valence-electron chi connectivity index (χ4n) is 0.443. The van der Waals surface area contributed by atoms with Crippen LogP contribution in [0.25, 0.3) is 0 Å². The fraction of sp³-hybridized carbons (Fsp3) is 0.200. The van der Waals surface area contributed by atoms with Crippen molar-refractivity contribution in [1.29, 1.82) is 0 Å². The molecule has 13 heavy (non-hydrogen) atoms. The van der Waals surface area contributed by atoms with Crippen LogP contribution in [0.4, 0.5) is 19.1 Å². The first kappa shape index (κ1) is 9.85. The summed E-state index contributed by atoms with van der Waals surface area (Å²) in [7, 11) is 0. The Kier molecular flexibility index (Phi) is 2.76. The minimum absolute atomic E-state index is 0.426. The minimum Gasteiger partial charge on any atom is -0.217 e. The molecule has 0 aliphatic heterocycles. The van der Waals surface area contributed by atoms with Crippen LogP contribution in [0.15, 0.2) is 17.4 Å². The van der Waals surface area contributed by atoms with Crippen molar-refractivity contribution < 1.29 is 13.2 Å². The van der Waals surface area contributed by atoms with Crippen LogP contribution >= 0.6 is 11.6 Å². The summed E-state index contributed by atoms with van der Waals surface area (Å²) in [5.41, 5.74) is 0. The number of rotatable bonds is 1. The largest absolute Gasteiger partial charge is 0.444 e. The number of halogens is 4. The van der Waals surface area contributed by atoms with Crippen molar-refractivity contribution in [1.82, 2.24) is 15.2 Å². The summed E-state index contributed by atoms with van der Waals surface area (Å²) in [5, 5.41) is 4.95. The van der Waals surface area contributed by atoms with Crippen LogP contribution < -0.4 is 0 Å². The van der Waals surface area contributed by atoms with Gasteiger partial charge in [-0.2, -0.15) is 23.3 Å². The van der Waals surface area contributed by atoms with Crippen molar-refractivity contribution in [3.05, 3.63) is 12.4 Å². The van der Waals surface area contributed by atoms with Gasteiger partial charge < -0.3 is 0 Å². The molecule has 0 spiro atoms. The maximum atomic E-state index is 11.8. The number of alkyl halides is 3. The van der Waals surface area contributed by atoms with Crippen molar-refractivity contribution in [3.8, 4) is 0 Å². The fourth-order valence-corrected chi connectivity index (χ4v) is 0.519. The SMILES string of the molecule is FC(F)(F)C(Cl)=Nc1nccnn1. The van der Waals surface area contributed by atoms with E-state index in [1.165, 1.54) is 6.20 Å². The zero-order valence-electron chi connectivity index (χ0n) is 5.96. The van der Waals surface area contributed by atoms with Crippen LogP contribution in [0.2, 0.25) is 0 Å². The summed E-state index contributed by atoms with van der Waals surface area (Å²) in [4.78, 5) is 6.29. The van der Waals surface area contributed by atoms with E-state index in [9.17, 15) is 13.2 Å². The lowest BCUT2D eigenvalue weighted by atomic mass is 10.7. The van der Waals surface area contributed by atoms with Gasteiger partial charge in [0.05, 0.1) is 12.4 Å². The Morgan fingerprint density at radius 2 is 2.08 bits per heavy atom. The van der Waals surface area contributed by atoms with Gasteiger partial charge in [-0.25, -0.2) is 4.98 Å². The van der Waals surface area contributed by atoms with E-state index in [-0.39, 0.29) is 0 Å². The number of hydrogen-bond acceptors (Lipinski definition) is 4. The molecule has 70 valence electrons. The van der Waals surface area contributed by atoms with Crippen LogP contribution in [0.1, 0.15) is 0 Å². The van der Waals surface area contributed by atoms with Gasteiger partial charge in [0.1, 0.15) is 0 Å². The van der Waals surface area contributed by atoms with Crippen LogP contribution in [-0.4, -0.2) is 26.5 Å². The summed E-state index contributed by atoms with van der Waals surface area (Å²) < 4.78 is 35.4. The zero-order valence-corrected chi connectivity index (χ0v) is 6.71. The number of aliphatic imine (C=N–C) groups is 1. The molecule has 1 aromatic heterocycles. The van der Waals surface area contributed by atoms with Crippen LogP contribution in [0, 0.1) is 0 Å². The molecule has 0 fully saturated rings. The van der Waals surface area contributed by atoms with E-state index in [4.69, 9.17) is 11.6 Å². The molecule has 1 aromatic rings. The van der Waals surface area contributed by atoms with E-state index in [2.05, 4.69) is 20.2 Å². The van der Waals surface area contributed by atoms with Gasteiger partial charge in [0.2, 0.25) is 5.17 Å². The Bertz CT molecular complexity index is 309. The predicted molar refractivity (Wildman–Crippen MR) is 38.8 cm³/mol. The third-order valence-corrected chi connectivity index (χ3v) is 1.20. The molecule has 0 radical (unpaired) electrons. The second-order valence-electron chi connectivity index (χ2n) is 1.84. The molecule has 0 unspecified atom stereocenters. The number of nitrogens with zero attached hydrogens (tertiary/aromatic N) is 4. The quantitative estimate of drug-likeness (QED) is 0.663. The van der Waals surface area contributed by atoms with Gasteiger partial charge in [-0.1, -0.05) is 11.6 Å². The molecule has 0 N–H and O–H groups in total. The smallest absolute Gasteiger partial charge is 0.217 e. The molecule has 4 nitrogen and oxygen atoms in total. The molecular weight excluding hydrogens is 209 g/mol. The first-order chi connectivity index (χ1) is 6.00. The van der Waals surface area contributed by atoms with E-state index >= 15 is 0 Å². The Labute approximate surface area is 75.5 Å². The highest BCUT2D eigenvalue weighted by molar-refractivity contribution is 6.67. The third-order valence-electron chi connectivity index (χ3n) is 0.903. The van der Waals surface area contributed by atoms with Crippen LogP contribution in [0.3, 0.4) is 0 Å². The third kappa shape index (κ3) is 2.94. The average molecular weight is 211 g/mol. The lowest BCUT2D eigenvalue weighted by Crippen LogP contribution is -2.16. The van der Waals surface area contributed by atoms with E-state index in [1.54, 1.807) is 0 Å². The standard InChI is InChI=1S/C5H2ClF3N4/c6-3(5(7,8)9)12-4-10-1-2-11-13-4/h1-2H. The van der Waals surface area contributed by atoms with Gasteiger partial charge in [0, 0.05) is 0 Å². The Morgan fingerprint density at radius 1 is 1.38 bits per heavy atom. The normalized spacial score (nSPS) is 13.1. The molecule has 0 aliphatic rings. The van der Waals surface area contributed by atoms with Gasteiger partial charge in [0.15, 0.2) is 0 Å². The number of aromatic nitrogens is 3. The van der Waals surface area contributed by atoms with Gasteiger partial charge in [-0.15, -0.1) is 5.10 Å². The molecule has 0 saturated heterocycles. The molecule has 0 bridgehead atoms. The first-order valence-corrected chi connectivity index (χ1v) is 3.33. The monoisotopic (exact) mass is 210 g/mol. The number of hydrogen-bond donors (Lipinski definition) is 0. The maximum Gasteiger partial charge on any atom is 0.444 e.